The first-order chi connectivity index (χ1) is 13.7. The van der Waals surface area contributed by atoms with Crippen LogP contribution >= 0.6 is 0 Å². The summed E-state index contributed by atoms with van der Waals surface area (Å²) < 4.78 is 18.0. The van der Waals surface area contributed by atoms with E-state index in [-0.39, 0.29) is 12.1 Å². The van der Waals surface area contributed by atoms with Gasteiger partial charge in [0.25, 0.3) is 0 Å². The van der Waals surface area contributed by atoms with Gasteiger partial charge in [-0.1, -0.05) is 36.4 Å². The van der Waals surface area contributed by atoms with Crippen molar-refractivity contribution in [3.63, 3.8) is 0 Å². The third-order valence-electron chi connectivity index (χ3n) is 6.38. The fourth-order valence-electron chi connectivity index (χ4n) is 5.18. The molecule has 5 nitrogen and oxygen atoms in total. The molecule has 2 fully saturated rings. The summed E-state index contributed by atoms with van der Waals surface area (Å²) in [6.45, 7) is 3.82. The predicted molar refractivity (Wildman–Crippen MR) is 106 cm³/mol. The lowest BCUT2D eigenvalue weighted by Crippen LogP contribution is -2.46. The van der Waals surface area contributed by atoms with E-state index in [1.54, 1.807) is 0 Å². The topological polar surface area (TPSA) is 51.2 Å². The van der Waals surface area contributed by atoms with Gasteiger partial charge in [-0.25, -0.2) is 0 Å². The van der Waals surface area contributed by atoms with Crippen molar-refractivity contribution >= 4 is 0 Å². The van der Waals surface area contributed by atoms with Gasteiger partial charge in [-0.05, 0) is 43.9 Å². The molecule has 148 valence electrons. The number of para-hydroxylation sites is 1. The first-order valence-corrected chi connectivity index (χ1v) is 10.3. The summed E-state index contributed by atoms with van der Waals surface area (Å²) in [7, 11) is 0. The van der Waals surface area contributed by atoms with Crippen molar-refractivity contribution in [1.82, 2.24) is 4.90 Å². The van der Waals surface area contributed by atoms with Gasteiger partial charge in [0.05, 0.1) is 6.61 Å². The summed E-state index contributed by atoms with van der Waals surface area (Å²) in [6.07, 6.45) is 2.87. The van der Waals surface area contributed by atoms with E-state index in [0.717, 1.165) is 42.9 Å². The van der Waals surface area contributed by atoms with E-state index in [0.29, 0.717) is 25.0 Å². The van der Waals surface area contributed by atoms with Gasteiger partial charge in [-0.3, -0.25) is 4.90 Å². The highest BCUT2D eigenvalue weighted by Gasteiger charge is 2.56. The SMILES string of the molecule is CCOc1cccc2c1O[C@@H](CN1C3CCC1C(O)(c1ccccc1)C3)CO2. The standard InChI is InChI=1S/C23H27NO4/c1-2-26-19-9-6-10-20-22(19)28-18(15-27-20)14-24-17-11-12-21(24)23(25,13-17)16-7-4-3-5-8-16/h3-10,17-18,21,25H,2,11-15H2,1H3/t17?,18-,21?,23?/m0/s1. The molecule has 2 bridgehead atoms. The highest BCUT2D eigenvalue weighted by atomic mass is 16.6. The fourth-order valence-corrected chi connectivity index (χ4v) is 5.18. The van der Waals surface area contributed by atoms with Gasteiger partial charge in [-0.15, -0.1) is 0 Å². The van der Waals surface area contributed by atoms with Gasteiger partial charge in [0.1, 0.15) is 18.3 Å². The van der Waals surface area contributed by atoms with Crippen LogP contribution < -0.4 is 14.2 Å². The van der Waals surface area contributed by atoms with Crippen LogP contribution in [0.25, 0.3) is 0 Å². The minimum atomic E-state index is -0.770. The largest absolute Gasteiger partial charge is 0.490 e. The van der Waals surface area contributed by atoms with Crippen molar-refractivity contribution in [3.05, 3.63) is 54.1 Å². The van der Waals surface area contributed by atoms with Crippen LogP contribution in [0.2, 0.25) is 0 Å². The Morgan fingerprint density at radius 2 is 2.00 bits per heavy atom. The third-order valence-corrected chi connectivity index (χ3v) is 6.38. The van der Waals surface area contributed by atoms with Crippen molar-refractivity contribution in [2.75, 3.05) is 19.8 Å². The van der Waals surface area contributed by atoms with Crippen LogP contribution in [0.1, 0.15) is 31.7 Å². The van der Waals surface area contributed by atoms with Gasteiger partial charge in [0.2, 0.25) is 5.75 Å². The van der Waals surface area contributed by atoms with Crippen LogP contribution in [0.5, 0.6) is 17.2 Å². The van der Waals surface area contributed by atoms with E-state index in [9.17, 15) is 5.11 Å². The second-order valence-electron chi connectivity index (χ2n) is 8.01. The monoisotopic (exact) mass is 381 g/mol. The Morgan fingerprint density at radius 3 is 2.82 bits per heavy atom. The van der Waals surface area contributed by atoms with E-state index in [1.807, 2.05) is 55.5 Å². The number of ether oxygens (including phenoxy) is 3. The molecule has 3 heterocycles. The number of rotatable bonds is 5. The summed E-state index contributed by atoms with van der Waals surface area (Å²) in [6, 6.07) is 16.4. The number of benzene rings is 2. The molecule has 0 amide bonds. The average Bonchev–Trinajstić information content (AvgIpc) is 3.23. The molecule has 5 rings (SSSR count). The van der Waals surface area contributed by atoms with Gasteiger partial charge in [-0.2, -0.15) is 0 Å². The summed E-state index contributed by atoms with van der Waals surface area (Å²) in [5, 5.41) is 11.5. The summed E-state index contributed by atoms with van der Waals surface area (Å²) in [5.41, 5.74) is 0.255. The molecule has 0 saturated carbocycles. The van der Waals surface area contributed by atoms with E-state index < -0.39 is 5.60 Å². The molecule has 5 heteroatoms. The molecule has 28 heavy (non-hydrogen) atoms. The zero-order valence-corrected chi connectivity index (χ0v) is 16.2. The summed E-state index contributed by atoms with van der Waals surface area (Å²) in [4.78, 5) is 2.44. The van der Waals surface area contributed by atoms with E-state index in [4.69, 9.17) is 14.2 Å². The van der Waals surface area contributed by atoms with Gasteiger partial charge in [0.15, 0.2) is 11.5 Å². The molecular formula is C23H27NO4. The Bertz CT molecular complexity index is 842. The van der Waals surface area contributed by atoms with Crippen LogP contribution in [0, 0.1) is 0 Å². The molecule has 3 unspecified atom stereocenters. The minimum absolute atomic E-state index is 0.0738. The first-order valence-electron chi connectivity index (χ1n) is 10.3. The molecule has 2 aromatic rings. The quantitative estimate of drug-likeness (QED) is 0.861. The van der Waals surface area contributed by atoms with E-state index in [1.165, 1.54) is 0 Å². The predicted octanol–water partition coefficient (Wildman–Crippen LogP) is 3.35. The lowest BCUT2D eigenvalue weighted by atomic mass is 9.79. The Balaban J connectivity index is 1.34. The normalized spacial score (nSPS) is 31.1. The Hall–Kier alpha value is -2.24. The Morgan fingerprint density at radius 1 is 1.14 bits per heavy atom. The number of hydrogen-bond donors (Lipinski definition) is 1. The molecular weight excluding hydrogens is 354 g/mol. The number of hydrogen-bond acceptors (Lipinski definition) is 5. The molecule has 3 aliphatic heterocycles. The zero-order chi connectivity index (χ0) is 19.1. The van der Waals surface area contributed by atoms with Crippen molar-refractivity contribution < 1.29 is 19.3 Å². The molecule has 3 aliphatic rings. The number of nitrogens with zero attached hydrogens (tertiary/aromatic N) is 1. The number of fused-ring (bicyclic) bond motifs is 3. The van der Waals surface area contributed by atoms with Gasteiger partial charge in [0, 0.05) is 18.6 Å². The highest BCUT2D eigenvalue weighted by molar-refractivity contribution is 5.52. The van der Waals surface area contributed by atoms with Crippen LogP contribution in [0.15, 0.2) is 48.5 Å². The molecule has 2 aromatic carbocycles. The van der Waals surface area contributed by atoms with Gasteiger partial charge >= 0.3 is 0 Å². The van der Waals surface area contributed by atoms with Gasteiger partial charge < -0.3 is 19.3 Å². The molecule has 0 spiro atoms. The van der Waals surface area contributed by atoms with Crippen molar-refractivity contribution in [3.8, 4) is 17.2 Å². The van der Waals surface area contributed by atoms with Crippen LogP contribution in [-0.4, -0.2) is 48.0 Å². The van der Waals surface area contributed by atoms with Crippen LogP contribution in [-0.2, 0) is 5.60 Å². The van der Waals surface area contributed by atoms with Crippen molar-refractivity contribution in [1.29, 1.82) is 0 Å². The Kier molecular flexibility index (Phi) is 4.44. The molecule has 1 N–H and O–H groups in total. The smallest absolute Gasteiger partial charge is 0.204 e. The molecule has 0 aromatic heterocycles. The summed E-state index contributed by atoms with van der Waals surface area (Å²) >= 11 is 0. The van der Waals surface area contributed by atoms with Crippen molar-refractivity contribution in [2.45, 2.75) is 50.0 Å². The lowest BCUT2D eigenvalue weighted by molar-refractivity contribution is -0.0128. The highest BCUT2D eigenvalue weighted by Crippen LogP contribution is 2.50. The zero-order valence-electron chi connectivity index (χ0n) is 16.2. The summed E-state index contributed by atoms with van der Waals surface area (Å²) in [5.74, 6) is 2.17. The molecule has 0 aliphatic carbocycles. The third kappa shape index (κ3) is 2.85. The molecule has 2 saturated heterocycles. The molecule has 0 radical (unpaired) electrons. The van der Waals surface area contributed by atoms with Crippen LogP contribution in [0.4, 0.5) is 0 Å². The van der Waals surface area contributed by atoms with E-state index in [2.05, 4.69) is 4.90 Å². The maximum atomic E-state index is 11.5. The Labute approximate surface area is 165 Å². The molecule has 4 atom stereocenters. The van der Waals surface area contributed by atoms with E-state index >= 15 is 0 Å². The second kappa shape index (κ2) is 6.98. The average molecular weight is 381 g/mol. The van der Waals surface area contributed by atoms with Crippen molar-refractivity contribution in [2.24, 2.45) is 0 Å². The lowest BCUT2D eigenvalue weighted by Gasteiger charge is -2.35. The fraction of sp³-hybridized carbons (Fsp3) is 0.478. The second-order valence-corrected chi connectivity index (χ2v) is 8.01. The maximum Gasteiger partial charge on any atom is 0.204 e. The maximum absolute atomic E-state index is 11.5. The minimum Gasteiger partial charge on any atom is -0.490 e. The van der Waals surface area contributed by atoms with Crippen LogP contribution in [0.3, 0.4) is 0 Å². The first kappa shape index (κ1) is 17.8. The number of aliphatic hydroxyl groups is 1.